The minimum absolute atomic E-state index is 0.0933. The van der Waals surface area contributed by atoms with E-state index in [9.17, 15) is 14.4 Å². The number of aromatic nitrogens is 2. The molecule has 3 aromatic rings. The quantitative estimate of drug-likeness (QED) is 0.727. The van der Waals surface area contributed by atoms with E-state index >= 15 is 0 Å². The van der Waals surface area contributed by atoms with Gasteiger partial charge in [-0.15, -0.1) is 0 Å². The number of hydrogen-bond acceptors (Lipinski definition) is 4. The summed E-state index contributed by atoms with van der Waals surface area (Å²) in [5, 5.41) is 3.15. The van der Waals surface area contributed by atoms with E-state index in [-0.39, 0.29) is 17.1 Å². The van der Waals surface area contributed by atoms with Crippen molar-refractivity contribution in [3.63, 3.8) is 0 Å². The molecule has 0 spiro atoms. The van der Waals surface area contributed by atoms with Crippen LogP contribution in [0.4, 0.5) is 5.69 Å². The van der Waals surface area contributed by atoms with Crippen LogP contribution < -0.4 is 16.6 Å². The number of benzene rings is 1. The Hall–Kier alpha value is -2.77. The lowest BCUT2D eigenvalue weighted by molar-refractivity contribution is 0.102. The Morgan fingerprint density at radius 1 is 1.24 bits per heavy atom. The molecule has 2 aromatic heterocycles. The van der Waals surface area contributed by atoms with Crippen LogP contribution in [0.15, 0.2) is 56.8 Å². The van der Waals surface area contributed by atoms with Crippen molar-refractivity contribution in [2.24, 2.45) is 0 Å². The highest BCUT2D eigenvalue weighted by Crippen LogP contribution is 2.25. The van der Waals surface area contributed by atoms with Crippen LogP contribution in [0, 0.1) is 0 Å². The van der Waals surface area contributed by atoms with Crippen LogP contribution in [0.3, 0.4) is 0 Å². The highest BCUT2D eigenvalue weighted by atomic mass is 35.5. The summed E-state index contributed by atoms with van der Waals surface area (Å²) in [5.41, 5.74) is -1.35. The van der Waals surface area contributed by atoms with Crippen molar-refractivity contribution in [1.82, 2.24) is 9.55 Å². The molecule has 0 fully saturated rings. The fraction of sp³-hybridized carbons (Fsp3) is 0.0625. The van der Waals surface area contributed by atoms with Gasteiger partial charge in [-0.25, -0.2) is 4.79 Å². The number of amides is 1. The van der Waals surface area contributed by atoms with E-state index in [4.69, 9.17) is 27.6 Å². The Balaban J connectivity index is 1.93. The van der Waals surface area contributed by atoms with Crippen molar-refractivity contribution >= 4 is 34.8 Å². The number of nitrogens with one attached hydrogen (secondary N) is 2. The van der Waals surface area contributed by atoms with E-state index in [2.05, 4.69) is 10.3 Å². The minimum Gasteiger partial charge on any atom is -0.467 e. The SMILES string of the molecule is O=C(Nc1ccc(Cl)cc1Cl)c1c[nH]c(=O)n(Cc2ccco2)c1=O. The summed E-state index contributed by atoms with van der Waals surface area (Å²) in [4.78, 5) is 39.1. The van der Waals surface area contributed by atoms with Gasteiger partial charge in [0.15, 0.2) is 0 Å². The number of carbonyl (C=O) groups is 1. The molecule has 0 aliphatic rings. The molecule has 0 unspecified atom stereocenters. The van der Waals surface area contributed by atoms with Gasteiger partial charge in [0.2, 0.25) is 0 Å². The lowest BCUT2D eigenvalue weighted by Crippen LogP contribution is -2.39. The van der Waals surface area contributed by atoms with Gasteiger partial charge in [0, 0.05) is 11.2 Å². The summed E-state index contributed by atoms with van der Waals surface area (Å²) in [7, 11) is 0. The van der Waals surface area contributed by atoms with E-state index in [0.717, 1.165) is 10.8 Å². The van der Waals surface area contributed by atoms with Gasteiger partial charge in [-0.2, -0.15) is 0 Å². The van der Waals surface area contributed by atoms with Gasteiger partial charge in [-0.3, -0.25) is 14.2 Å². The lowest BCUT2D eigenvalue weighted by Gasteiger charge is -2.08. The molecule has 2 N–H and O–H groups in total. The first kappa shape index (κ1) is 17.1. The maximum atomic E-state index is 12.5. The molecule has 25 heavy (non-hydrogen) atoms. The molecule has 1 aromatic carbocycles. The fourth-order valence-corrected chi connectivity index (χ4v) is 2.61. The minimum atomic E-state index is -0.747. The van der Waals surface area contributed by atoms with Crippen LogP contribution in [0.25, 0.3) is 0 Å². The number of hydrogen-bond donors (Lipinski definition) is 2. The average molecular weight is 380 g/mol. The third kappa shape index (κ3) is 3.67. The van der Waals surface area contributed by atoms with Crippen molar-refractivity contribution in [2.75, 3.05) is 5.32 Å². The predicted molar refractivity (Wildman–Crippen MR) is 93.5 cm³/mol. The van der Waals surface area contributed by atoms with Crippen LogP contribution in [-0.2, 0) is 6.54 Å². The standard InChI is InChI=1S/C16H11Cl2N3O4/c17-9-3-4-13(12(18)6-9)20-14(22)11-7-19-16(24)21(15(11)23)8-10-2-1-5-25-10/h1-7H,8H2,(H,19,24)(H,20,22). The molecule has 2 heterocycles. The monoisotopic (exact) mass is 379 g/mol. The van der Waals surface area contributed by atoms with Crippen molar-refractivity contribution in [2.45, 2.75) is 6.54 Å². The number of carbonyl (C=O) groups excluding carboxylic acids is 1. The number of H-pyrrole nitrogens is 1. The number of rotatable bonds is 4. The molecule has 0 atom stereocenters. The maximum Gasteiger partial charge on any atom is 0.328 e. The zero-order valence-corrected chi connectivity index (χ0v) is 14.1. The summed E-state index contributed by atoms with van der Waals surface area (Å²) < 4.78 is 6.00. The topological polar surface area (TPSA) is 97.1 Å². The van der Waals surface area contributed by atoms with Gasteiger partial charge in [0.25, 0.3) is 11.5 Å². The smallest absolute Gasteiger partial charge is 0.328 e. The van der Waals surface area contributed by atoms with Crippen molar-refractivity contribution in [3.8, 4) is 0 Å². The molecule has 0 bridgehead atoms. The largest absolute Gasteiger partial charge is 0.467 e. The highest BCUT2D eigenvalue weighted by molar-refractivity contribution is 6.36. The molecule has 128 valence electrons. The van der Waals surface area contributed by atoms with E-state index in [1.54, 1.807) is 18.2 Å². The Labute approximate surface area is 150 Å². The van der Waals surface area contributed by atoms with Crippen LogP contribution in [0.1, 0.15) is 16.1 Å². The van der Waals surface area contributed by atoms with Gasteiger partial charge in [0.1, 0.15) is 11.3 Å². The molecular formula is C16H11Cl2N3O4. The van der Waals surface area contributed by atoms with E-state index < -0.39 is 17.2 Å². The van der Waals surface area contributed by atoms with Crippen molar-refractivity contribution < 1.29 is 9.21 Å². The maximum absolute atomic E-state index is 12.5. The molecule has 0 radical (unpaired) electrons. The average Bonchev–Trinajstić information content (AvgIpc) is 3.07. The molecule has 0 saturated heterocycles. The molecule has 0 aliphatic carbocycles. The molecule has 0 aliphatic heterocycles. The fourth-order valence-electron chi connectivity index (χ4n) is 2.16. The van der Waals surface area contributed by atoms with Crippen LogP contribution in [0.2, 0.25) is 10.0 Å². The zero-order valence-electron chi connectivity index (χ0n) is 12.6. The molecule has 9 heteroatoms. The van der Waals surface area contributed by atoms with Crippen LogP contribution in [-0.4, -0.2) is 15.5 Å². The summed E-state index contributed by atoms with van der Waals surface area (Å²) in [6.07, 6.45) is 2.48. The van der Waals surface area contributed by atoms with E-state index in [1.165, 1.54) is 18.4 Å². The number of furan rings is 1. The van der Waals surface area contributed by atoms with Gasteiger partial charge in [-0.05, 0) is 30.3 Å². The normalized spacial score (nSPS) is 10.6. The van der Waals surface area contributed by atoms with Gasteiger partial charge < -0.3 is 14.7 Å². The molecule has 3 rings (SSSR count). The van der Waals surface area contributed by atoms with Crippen LogP contribution >= 0.6 is 23.2 Å². The lowest BCUT2D eigenvalue weighted by atomic mass is 10.2. The highest BCUT2D eigenvalue weighted by Gasteiger charge is 2.16. The molecule has 0 saturated carbocycles. The first-order valence-corrected chi connectivity index (χ1v) is 7.82. The van der Waals surface area contributed by atoms with Crippen molar-refractivity contribution in [1.29, 1.82) is 0 Å². The first-order chi connectivity index (χ1) is 12.0. The van der Waals surface area contributed by atoms with Crippen molar-refractivity contribution in [3.05, 3.63) is 85.0 Å². The Morgan fingerprint density at radius 3 is 2.72 bits per heavy atom. The summed E-state index contributed by atoms with van der Waals surface area (Å²) in [6, 6.07) is 7.77. The second-order valence-corrected chi connectivity index (χ2v) is 5.90. The number of nitrogens with zero attached hydrogens (tertiary/aromatic N) is 1. The summed E-state index contributed by atoms with van der Waals surface area (Å²) in [5.74, 6) is -0.301. The Kier molecular flexibility index (Phi) is 4.78. The third-order valence-electron chi connectivity index (χ3n) is 3.38. The second-order valence-electron chi connectivity index (χ2n) is 5.06. The summed E-state index contributed by atoms with van der Waals surface area (Å²) >= 11 is 11.8. The third-order valence-corrected chi connectivity index (χ3v) is 3.93. The molecular weight excluding hydrogens is 369 g/mol. The molecule has 1 amide bonds. The van der Waals surface area contributed by atoms with Gasteiger partial charge >= 0.3 is 5.69 Å². The number of aromatic amines is 1. The van der Waals surface area contributed by atoms with E-state index in [0.29, 0.717) is 16.5 Å². The summed E-state index contributed by atoms with van der Waals surface area (Å²) in [6.45, 7) is -0.0933. The first-order valence-electron chi connectivity index (χ1n) is 7.07. The number of halogens is 2. The molecule has 7 nitrogen and oxygen atoms in total. The van der Waals surface area contributed by atoms with Crippen LogP contribution in [0.5, 0.6) is 0 Å². The van der Waals surface area contributed by atoms with Gasteiger partial charge in [0.05, 0.1) is 23.5 Å². The Morgan fingerprint density at radius 2 is 2.04 bits per heavy atom. The van der Waals surface area contributed by atoms with Gasteiger partial charge in [-0.1, -0.05) is 23.2 Å². The Bertz CT molecular complexity index is 1040. The van der Waals surface area contributed by atoms with E-state index in [1.807, 2.05) is 0 Å². The second kappa shape index (κ2) is 7.00. The predicted octanol–water partition coefficient (Wildman–Crippen LogP) is 2.74. The number of anilines is 1. The zero-order chi connectivity index (χ0) is 18.0.